The van der Waals surface area contributed by atoms with Gasteiger partial charge in [0, 0.05) is 21.9 Å². The zero-order valence-electron chi connectivity index (χ0n) is 8.78. The van der Waals surface area contributed by atoms with Crippen molar-refractivity contribution in [1.29, 1.82) is 0 Å². The Morgan fingerprint density at radius 1 is 1.29 bits per heavy atom. The topological polar surface area (TPSA) is 77.0 Å². The Balaban J connectivity index is 2.16. The molecule has 0 aliphatic carbocycles. The van der Waals surface area contributed by atoms with Crippen LogP contribution in [0.4, 0.5) is 11.7 Å². The van der Waals surface area contributed by atoms with Gasteiger partial charge in [-0.1, -0.05) is 21.0 Å². The van der Waals surface area contributed by atoms with Gasteiger partial charge in [0.25, 0.3) is 0 Å². The van der Waals surface area contributed by atoms with E-state index in [4.69, 9.17) is 10.2 Å². The van der Waals surface area contributed by atoms with Crippen molar-refractivity contribution in [2.45, 2.75) is 6.42 Å². The minimum absolute atomic E-state index is 0.354. The Bertz CT molecular complexity index is 515. The summed E-state index contributed by atoms with van der Waals surface area (Å²) in [6.07, 6.45) is 0.578. The third-order valence-electron chi connectivity index (χ3n) is 2.00. The molecule has 1 aromatic carbocycles. The molecule has 17 heavy (non-hydrogen) atoms. The first kappa shape index (κ1) is 12.5. The molecule has 0 unspecified atom stereocenters. The summed E-state index contributed by atoms with van der Waals surface area (Å²) in [5.41, 5.74) is 6.25. The van der Waals surface area contributed by atoms with Crippen LogP contribution in [0.2, 0.25) is 0 Å². The fraction of sp³-hybridized carbons (Fsp3) is 0.200. The maximum absolute atomic E-state index is 5.40. The van der Waals surface area contributed by atoms with Gasteiger partial charge in [-0.2, -0.15) is 0 Å². The average molecular weight is 362 g/mol. The van der Waals surface area contributed by atoms with Crippen LogP contribution in [-0.4, -0.2) is 16.7 Å². The molecule has 0 spiro atoms. The van der Waals surface area contributed by atoms with Crippen molar-refractivity contribution in [3.63, 3.8) is 0 Å². The summed E-state index contributed by atoms with van der Waals surface area (Å²) in [6.45, 7) is 0.488. The number of rotatable bonds is 4. The molecular weight excluding hydrogens is 352 g/mol. The number of aromatic nitrogens is 2. The molecule has 0 saturated heterocycles. The minimum atomic E-state index is 0.354. The van der Waals surface area contributed by atoms with E-state index in [1.54, 1.807) is 0 Å². The van der Waals surface area contributed by atoms with Crippen LogP contribution < -0.4 is 11.1 Å². The summed E-state index contributed by atoms with van der Waals surface area (Å²) in [4.78, 5) is 0. The average Bonchev–Trinajstić information content (AvgIpc) is 2.72. The normalized spacial score (nSPS) is 10.5. The molecule has 90 valence electrons. The van der Waals surface area contributed by atoms with Gasteiger partial charge in [0.1, 0.15) is 0 Å². The zero-order valence-corrected chi connectivity index (χ0v) is 12.0. The molecule has 0 aliphatic heterocycles. The van der Waals surface area contributed by atoms with E-state index in [2.05, 4.69) is 47.4 Å². The molecule has 0 amide bonds. The highest BCUT2D eigenvalue weighted by molar-refractivity contribution is 9.11. The summed E-state index contributed by atoms with van der Waals surface area (Å²) < 4.78 is 7.25. The van der Waals surface area contributed by atoms with Crippen LogP contribution in [0.25, 0.3) is 0 Å². The molecule has 2 rings (SSSR count). The van der Waals surface area contributed by atoms with Crippen molar-refractivity contribution in [2.75, 3.05) is 11.9 Å². The van der Waals surface area contributed by atoms with Gasteiger partial charge in [0.2, 0.25) is 5.89 Å². The van der Waals surface area contributed by atoms with Gasteiger partial charge < -0.3 is 15.5 Å². The van der Waals surface area contributed by atoms with Crippen molar-refractivity contribution < 1.29 is 4.42 Å². The number of hydrogen-bond acceptors (Lipinski definition) is 5. The van der Waals surface area contributed by atoms with E-state index in [0.29, 0.717) is 24.9 Å². The van der Waals surface area contributed by atoms with Gasteiger partial charge in [-0.25, -0.2) is 0 Å². The lowest BCUT2D eigenvalue weighted by atomic mass is 10.3. The van der Waals surface area contributed by atoms with Crippen molar-refractivity contribution in [3.05, 3.63) is 33.0 Å². The molecule has 0 bridgehead atoms. The van der Waals surface area contributed by atoms with Crippen LogP contribution in [0.3, 0.4) is 0 Å². The van der Waals surface area contributed by atoms with Crippen molar-refractivity contribution in [3.8, 4) is 0 Å². The van der Waals surface area contributed by atoms with Gasteiger partial charge >= 0.3 is 6.01 Å². The van der Waals surface area contributed by atoms with Gasteiger partial charge in [0.15, 0.2) is 0 Å². The Kier molecular flexibility index (Phi) is 4.14. The molecular formula is C10H10Br2N4O. The number of benzene rings is 1. The number of anilines is 2. The molecule has 5 nitrogen and oxygen atoms in total. The van der Waals surface area contributed by atoms with Gasteiger partial charge in [-0.15, -0.1) is 5.10 Å². The fourth-order valence-corrected chi connectivity index (χ4v) is 1.94. The lowest BCUT2D eigenvalue weighted by Crippen LogP contribution is -2.02. The number of nitrogens with zero attached hydrogens (tertiary/aromatic N) is 2. The highest BCUT2D eigenvalue weighted by Crippen LogP contribution is 2.28. The molecule has 7 heteroatoms. The first-order valence-electron chi connectivity index (χ1n) is 4.93. The predicted molar refractivity (Wildman–Crippen MR) is 72.2 cm³/mol. The van der Waals surface area contributed by atoms with Crippen LogP contribution in [-0.2, 0) is 6.42 Å². The SMILES string of the molecule is NCCc1nnc(Nc2cc(Br)ccc2Br)o1. The summed E-state index contributed by atoms with van der Waals surface area (Å²) in [5, 5.41) is 10.8. The van der Waals surface area contributed by atoms with Crippen LogP contribution in [0, 0.1) is 0 Å². The quantitative estimate of drug-likeness (QED) is 0.875. The summed E-state index contributed by atoms with van der Waals surface area (Å²) >= 11 is 6.83. The first-order valence-corrected chi connectivity index (χ1v) is 6.52. The lowest BCUT2D eigenvalue weighted by Gasteiger charge is -2.04. The molecule has 1 heterocycles. The third kappa shape index (κ3) is 3.27. The molecule has 0 saturated carbocycles. The number of hydrogen-bond donors (Lipinski definition) is 2. The molecule has 0 radical (unpaired) electrons. The van der Waals surface area contributed by atoms with E-state index < -0.39 is 0 Å². The number of nitrogens with one attached hydrogen (secondary N) is 1. The highest BCUT2D eigenvalue weighted by atomic mass is 79.9. The van der Waals surface area contributed by atoms with E-state index in [-0.39, 0.29) is 0 Å². The zero-order chi connectivity index (χ0) is 12.3. The van der Waals surface area contributed by atoms with Crippen molar-refractivity contribution in [1.82, 2.24) is 10.2 Å². The molecule has 0 aliphatic rings. The maximum Gasteiger partial charge on any atom is 0.320 e. The van der Waals surface area contributed by atoms with E-state index in [0.717, 1.165) is 14.6 Å². The van der Waals surface area contributed by atoms with Crippen LogP contribution in [0.15, 0.2) is 31.6 Å². The number of nitrogens with two attached hydrogens (primary N) is 1. The molecule has 0 fully saturated rings. The van der Waals surface area contributed by atoms with Crippen LogP contribution in [0.1, 0.15) is 5.89 Å². The van der Waals surface area contributed by atoms with E-state index >= 15 is 0 Å². The monoisotopic (exact) mass is 360 g/mol. The number of halogens is 2. The first-order chi connectivity index (χ1) is 8.19. The Hall–Kier alpha value is -0.920. The minimum Gasteiger partial charge on any atom is -0.408 e. The smallest absolute Gasteiger partial charge is 0.320 e. The van der Waals surface area contributed by atoms with Crippen molar-refractivity contribution >= 4 is 43.6 Å². The predicted octanol–water partition coefficient (Wildman–Crippen LogP) is 2.84. The third-order valence-corrected chi connectivity index (χ3v) is 3.18. The lowest BCUT2D eigenvalue weighted by molar-refractivity contribution is 0.510. The molecule has 0 atom stereocenters. The van der Waals surface area contributed by atoms with Gasteiger partial charge in [-0.3, -0.25) is 0 Å². The van der Waals surface area contributed by atoms with Crippen LogP contribution in [0.5, 0.6) is 0 Å². The second-order valence-electron chi connectivity index (χ2n) is 3.29. The molecule has 2 aromatic rings. The summed E-state index contributed by atoms with van der Waals surface area (Å²) in [6, 6.07) is 6.12. The maximum atomic E-state index is 5.40. The second kappa shape index (κ2) is 5.61. The Morgan fingerprint density at radius 3 is 2.88 bits per heavy atom. The van der Waals surface area contributed by atoms with Gasteiger partial charge in [-0.05, 0) is 34.1 Å². The van der Waals surface area contributed by atoms with Crippen LogP contribution >= 0.6 is 31.9 Å². The van der Waals surface area contributed by atoms with Gasteiger partial charge in [0.05, 0.1) is 5.69 Å². The Morgan fingerprint density at radius 2 is 2.12 bits per heavy atom. The largest absolute Gasteiger partial charge is 0.408 e. The van der Waals surface area contributed by atoms with E-state index in [1.165, 1.54) is 0 Å². The highest BCUT2D eigenvalue weighted by Gasteiger charge is 2.07. The molecule has 3 N–H and O–H groups in total. The molecule has 1 aromatic heterocycles. The standard InChI is InChI=1S/C10H10Br2N4O/c11-6-1-2-7(12)8(5-6)14-10-16-15-9(17-10)3-4-13/h1-2,5H,3-4,13H2,(H,14,16). The fourth-order valence-electron chi connectivity index (χ4n) is 1.24. The summed E-state index contributed by atoms with van der Waals surface area (Å²) in [7, 11) is 0. The van der Waals surface area contributed by atoms with E-state index in [9.17, 15) is 0 Å². The van der Waals surface area contributed by atoms with Crippen molar-refractivity contribution in [2.24, 2.45) is 5.73 Å². The second-order valence-corrected chi connectivity index (χ2v) is 5.06. The summed E-state index contributed by atoms with van der Waals surface area (Å²) in [5.74, 6) is 0.529. The Labute approximate surface area is 115 Å². The van der Waals surface area contributed by atoms with E-state index in [1.807, 2.05) is 18.2 Å².